The second-order valence-electron chi connectivity index (χ2n) is 5.97. The van der Waals surface area contributed by atoms with Crippen LogP contribution >= 0.6 is 0 Å². The zero-order valence-electron chi connectivity index (χ0n) is 11.2. The predicted molar refractivity (Wildman–Crippen MR) is 68.1 cm³/mol. The molecule has 3 rings (SSSR count). The number of hydrogen-bond donors (Lipinski definition) is 1. The Morgan fingerprint density at radius 2 is 2.05 bits per heavy atom. The second-order valence-corrected chi connectivity index (χ2v) is 5.97. The Morgan fingerprint density at radius 3 is 2.74 bits per heavy atom. The maximum atomic E-state index is 11.9. The van der Waals surface area contributed by atoms with Crippen LogP contribution in [-0.2, 0) is 14.3 Å². The number of allylic oxidation sites excluding steroid dienone is 1. The van der Waals surface area contributed by atoms with Gasteiger partial charge in [-0.25, -0.2) is 4.79 Å². The molecule has 0 unspecified atom stereocenters. The SMILES string of the molecule is C=C1C(=O)O[C@H]2C[C@H](C)[C@@H]3CC(=O)C(C)=C3[C@@H](O)[C@H]12. The molecule has 1 N–H and O–H groups in total. The molecule has 2 aliphatic carbocycles. The van der Waals surface area contributed by atoms with Gasteiger partial charge in [0.25, 0.3) is 0 Å². The van der Waals surface area contributed by atoms with Gasteiger partial charge in [0, 0.05) is 12.0 Å². The van der Waals surface area contributed by atoms with Crippen LogP contribution in [0.1, 0.15) is 26.7 Å². The highest BCUT2D eigenvalue weighted by atomic mass is 16.6. The van der Waals surface area contributed by atoms with Gasteiger partial charge in [0.2, 0.25) is 0 Å². The van der Waals surface area contributed by atoms with E-state index in [9.17, 15) is 14.7 Å². The van der Waals surface area contributed by atoms with Gasteiger partial charge in [0.05, 0.1) is 12.0 Å². The highest BCUT2D eigenvalue weighted by Gasteiger charge is 2.51. The van der Waals surface area contributed by atoms with Crippen LogP contribution in [0.4, 0.5) is 0 Å². The van der Waals surface area contributed by atoms with Crippen molar-refractivity contribution in [3.63, 3.8) is 0 Å². The monoisotopic (exact) mass is 262 g/mol. The molecule has 3 aliphatic rings. The van der Waals surface area contributed by atoms with Gasteiger partial charge in [-0.1, -0.05) is 13.5 Å². The molecule has 0 spiro atoms. The number of ketones is 1. The van der Waals surface area contributed by atoms with E-state index in [0.29, 0.717) is 24.0 Å². The van der Waals surface area contributed by atoms with Gasteiger partial charge >= 0.3 is 5.97 Å². The average Bonchev–Trinajstić information content (AvgIpc) is 2.75. The van der Waals surface area contributed by atoms with E-state index >= 15 is 0 Å². The third-order valence-corrected chi connectivity index (χ3v) is 4.93. The van der Waals surface area contributed by atoms with Crippen molar-refractivity contribution in [1.29, 1.82) is 0 Å². The predicted octanol–water partition coefficient (Wildman–Crippen LogP) is 1.39. The average molecular weight is 262 g/mol. The number of ether oxygens (including phenoxy) is 1. The van der Waals surface area contributed by atoms with E-state index in [1.807, 2.05) is 0 Å². The van der Waals surface area contributed by atoms with Gasteiger partial charge in [0.1, 0.15) is 6.10 Å². The van der Waals surface area contributed by atoms with Gasteiger partial charge in [-0.15, -0.1) is 0 Å². The molecule has 0 aromatic heterocycles. The van der Waals surface area contributed by atoms with Crippen LogP contribution in [0, 0.1) is 17.8 Å². The van der Waals surface area contributed by atoms with E-state index in [1.165, 1.54) is 0 Å². The molecule has 4 heteroatoms. The fourth-order valence-corrected chi connectivity index (χ4v) is 3.81. The number of aliphatic hydroxyl groups excluding tert-OH is 1. The molecule has 102 valence electrons. The Bertz CT molecular complexity index is 516. The minimum absolute atomic E-state index is 0.0830. The first-order valence-electron chi connectivity index (χ1n) is 6.73. The number of esters is 1. The molecule has 0 radical (unpaired) electrons. The van der Waals surface area contributed by atoms with Gasteiger partial charge in [0.15, 0.2) is 5.78 Å². The van der Waals surface area contributed by atoms with Crippen LogP contribution < -0.4 is 0 Å². The molecule has 0 aromatic rings. The van der Waals surface area contributed by atoms with Gasteiger partial charge in [-0.3, -0.25) is 4.79 Å². The molecule has 1 saturated carbocycles. The van der Waals surface area contributed by atoms with Crippen LogP contribution in [0.25, 0.3) is 0 Å². The summed E-state index contributed by atoms with van der Waals surface area (Å²) in [5, 5.41) is 10.6. The van der Waals surface area contributed by atoms with Crippen molar-refractivity contribution in [2.24, 2.45) is 17.8 Å². The zero-order valence-corrected chi connectivity index (χ0v) is 11.2. The number of fused-ring (bicyclic) bond motifs is 2. The summed E-state index contributed by atoms with van der Waals surface area (Å²) < 4.78 is 5.32. The first-order chi connectivity index (χ1) is 8.91. The molecule has 1 aliphatic heterocycles. The highest BCUT2D eigenvalue weighted by Crippen LogP contribution is 2.48. The fourth-order valence-electron chi connectivity index (χ4n) is 3.81. The number of carbonyl (C=O) groups excluding carboxylic acids is 2. The van der Waals surface area contributed by atoms with Crippen LogP contribution in [0.5, 0.6) is 0 Å². The summed E-state index contributed by atoms with van der Waals surface area (Å²) in [5.74, 6) is -0.391. The molecule has 1 saturated heterocycles. The molecule has 1 heterocycles. The lowest BCUT2D eigenvalue weighted by Gasteiger charge is -2.22. The summed E-state index contributed by atoms with van der Waals surface area (Å²) in [4.78, 5) is 23.5. The standard InChI is InChI=1S/C15H18O4/c1-6-4-11-13(8(3)15(18)19-11)14(17)12-7(2)10(16)5-9(6)12/h6,9,11,13-14,17H,3-5H2,1-2H3/t6-,9-,11-,13+,14+/m0/s1. The van der Waals surface area contributed by atoms with E-state index in [0.717, 1.165) is 5.57 Å². The van der Waals surface area contributed by atoms with E-state index in [1.54, 1.807) is 6.92 Å². The highest BCUT2D eigenvalue weighted by molar-refractivity contribution is 5.99. The molecule has 19 heavy (non-hydrogen) atoms. The Labute approximate surface area is 112 Å². The molecule has 2 fully saturated rings. The summed E-state index contributed by atoms with van der Waals surface area (Å²) in [6.07, 6.45) is 0.0388. The number of rotatable bonds is 0. The number of Topliss-reactive ketones (excluding diaryl/α,β-unsaturated/α-hetero) is 1. The van der Waals surface area contributed by atoms with Crippen molar-refractivity contribution in [2.45, 2.75) is 38.9 Å². The smallest absolute Gasteiger partial charge is 0.334 e. The van der Waals surface area contributed by atoms with Crippen molar-refractivity contribution >= 4 is 11.8 Å². The van der Waals surface area contributed by atoms with Crippen molar-refractivity contribution in [3.05, 3.63) is 23.3 Å². The summed E-state index contributed by atoms with van der Waals surface area (Å²) in [6.45, 7) is 7.58. The first kappa shape index (κ1) is 12.6. The van der Waals surface area contributed by atoms with E-state index in [2.05, 4.69) is 13.5 Å². The molecular formula is C15H18O4. The Hall–Kier alpha value is -1.42. The Morgan fingerprint density at radius 1 is 1.37 bits per heavy atom. The molecular weight excluding hydrogens is 244 g/mol. The van der Waals surface area contributed by atoms with Crippen molar-refractivity contribution in [3.8, 4) is 0 Å². The first-order valence-corrected chi connectivity index (χ1v) is 6.73. The topological polar surface area (TPSA) is 63.6 Å². The largest absolute Gasteiger partial charge is 0.458 e. The van der Waals surface area contributed by atoms with Crippen molar-refractivity contribution in [1.82, 2.24) is 0 Å². The van der Waals surface area contributed by atoms with Crippen LogP contribution in [0.2, 0.25) is 0 Å². The third kappa shape index (κ3) is 1.62. The zero-order chi connectivity index (χ0) is 13.9. The fraction of sp³-hybridized carbons (Fsp3) is 0.600. The van der Waals surface area contributed by atoms with Crippen molar-refractivity contribution < 1.29 is 19.4 Å². The van der Waals surface area contributed by atoms with E-state index in [4.69, 9.17) is 4.74 Å². The minimum atomic E-state index is -0.814. The van der Waals surface area contributed by atoms with E-state index in [-0.39, 0.29) is 23.7 Å². The molecule has 5 atom stereocenters. The van der Waals surface area contributed by atoms with Crippen LogP contribution in [-0.4, -0.2) is 29.1 Å². The summed E-state index contributed by atoms with van der Waals surface area (Å²) in [7, 11) is 0. The number of aliphatic hydroxyl groups is 1. The van der Waals surface area contributed by atoms with Crippen molar-refractivity contribution in [2.75, 3.05) is 0 Å². The van der Waals surface area contributed by atoms with Gasteiger partial charge in [-0.2, -0.15) is 0 Å². The lowest BCUT2D eigenvalue weighted by Crippen LogP contribution is -2.29. The quantitative estimate of drug-likeness (QED) is 0.529. The van der Waals surface area contributed by atoms with Gasteiger partial charge < -0.3 is 9.84 Å². The normalized spacial score (nSPS) is 42.1. The molecule has 0 bridgehead atoms. The van der Waals surface area contributed by atoms with Crippen LogP contribution in [0.15, 0.2) is 23.3 Å². The second kappa shape index (κ2) is 4.04. The lowest BCUT2D eigenvalue weighted by atomic mass is 9.84. The summed E-state index contributed by atoms with van der Waals surface area (Å²) in [6, 6.07) is 0. The summed E-state index contributed by atoms with van der Waals surface area (Å²) >= 11 is 0. The van der Waals surface area contributed by atoms with E-state index < -0.39 is 18.0 Å². The number of carbonyl (C=O) groups is 2. The summed E-state index contributed by atoms with van der Waals surface area (Å²) in [5.41, 5.74) is 1.81. The van der Waals surface area contributed by atoms with Gasteiger partial charge in [-0.05, 0) is 36.3 Å². The Balaban J connectivity index is 2.08. The lowest BCUT2D eigenvalue weighted by molar-refractivity contribution is -0.140. The Kier molecular flexibility index (Phi) is 2.68. The minimum Gasteiger partial charge on any atom is -0.458 e. The third-order valence-electron chi connectivity index (χ3n) is 4.93. The molecule has 0 aromatic carbocycles. The molecule has 4 nitrogen and oxygen atoms in total. The number of hydrogen-bond acceptors (Lipinski definition) is 4. The maximum Gasteiger partial charge on any atom is 0.334 e. The van der Waals surface area contributed by atoms with Crippen LogP contribution in [0.3, 0.4) is 0 Å². The maximum absolute atomic E-state index is 11.9. The molecule has 0 amide bonds.